The summed E-state index contributed by atoms with van der Waals surface area (Å²) in [6.45, 7) is 6.27. The van der Waals surface area contributed by atoms with E-state index in [4.69, 9.17) is 9.97 Å². The molecule has 1 aromatic heterocycles. The van der Waals surface area contributed by atoms with Crippen LogP contribution in [0, 0.1) is 20.8 Å². The van der Waals surface area contributed by atoms with Gasteiger partial charge in [-0.1, -0.05) is 28.8 Å². The standard InChI is InChI=1S/C18H19N3/c1-11-5-6-16-15(10-11)18(19-4)21-17(20-16)14-8-12(2)7-13(3)9-14/h5-10H,1-4H3,(H,19,20,21). The van der Waals surface area contributed by atoms with Gasteiger partial charge in [-0.3, -0.25) is 0 Å². The maximum absolute atomic E-state index is 4.73. The van der Waals surface area contributed by atoms with Crippen LogP contribution >= 0.6 is 0 Å². The van der Waals surface area contributed by atoms with E-state index in [1.54, 1.807) is 0 Å². The average molecular weight is 277 g/mol. The Labute approximate surface area is 125 Å². The zero-order chi connectivity index (χ0) is 15.0. The number of aromatic nitrogens is 2. The number of rotatable bonds is 2. The van der Waals surface area contributed by atoms with Gasteiger partial charge in [0, 0.05) is 18.0 Å². The zero-order valence-electron chi connectivity index (χ0n) is 12.9. The lowest BCUT2D eigenvalue weighted by Gasteiger charge is -2.10. The Kier molecular flexibility index (Phi) is 3.34. The molecule has 0 radical (unpaired) electrons. The van der Waals surface area contributed by atoms with Crippen molar-refractivity contribution < 1.29 is 0 Å². The Hall–Kier alpha value is -2.42. The summed E-state index contributed by atoms with van der Waals surface area (Å²) >= 11 is 0. The topological polar surface area (TPSA) is 37.8 Å². The van der Waals surface area contributed by atoms with Crippen LogP contribution in [0.15, 0.2) is 36.4 Å². The fourth-order valence-corrected chi connectivity index (χ4v) is 2.67. The minimum absolute atomic E-state index is 0.766. The molecule has 0 aliphatic heterocycles. The Morgan fingerprint density at radius 1 is 0.810 bits per heavy atom. The first-order valence-corrected chi connectivity index (χ1v) is 7.11. The number of nitrogens with zero attached hydrogens (tertiary/aromatic N) is 2. The molecule has 0 amide bonds. The van der Waals surface area contributed by atoms with E-state index in [0.717, 1.165) is 28.1 Å². The highest BCUT2D eigenvalue weighted by molar-refractivity contribution is 5.91. The van der Waals surface area contributed by atoms with Crippen LogP contribution in [0.3, 0.4) is 0 Å². The summed E-state index contributed by atoms with van der Waals surface area (Å²) in [6, 6.07) is 12.7. The molecule has 0 saturated carbocycles. The molecule has 3 rings (SSSR count). The highest BCUT2D eigenvalue weighted by atomic mass is 15.0. The molecule has 21 heavy (non-hydrogen) atoms. The number of hydrogen-bond acceptors (Lipinski definition) is 3. The van der Waals surface area contributed by atoms with Gasteiger partial charge >= 0.3 is 0 Å². The largest absolute Gasteiger partial charge is 0.373 e. The maximum Gasteiger partial charge on any atom is 0.162 e. The lowest BCUT2D eigenvalue weighted by Crippen LogP contribution is -1.99. The number of anilines is 1. The molecular formula is C18H19N3. The molecule has 0 fully saturated rings. The minimum atomic E-state index is 0.766. The predicted octanol–water partition coefficient (Wildman–Crippen LogP) is 4.26. The van der Waals surface area contributed by atoms with E-state index in [1.807, 2.05) is 7.05 Å². The smallest absolute Gasteiger partial charge is 0.162 e. The van der Waals surface area contributed by atoms with Gasteiger partial charge < -0.3 is 5.32 Å². The van der Waals surface area contributed by atoms with Gasteiger partial charge in [0.2, 0.25) is 0 Å². The SMILES string of the molecule is CNc1nc(-c2cc(C)cc(C)c2)nc2ccc(C)cc12. The molecule has 0 bridgehead atoms. The van der Waals surface area contributed by atoms with Gasteiger partial charge in [-0.05, 0) is 45.0 Å². The Morgan fingerprint density at radius 3 is 2.19 bits per heavy atom. The first-order chi connectivity index (χ1) is 10.1. The minimum Gasteiger partial charge on any atom is -0.373 e. The molecule has 3 nitrogen and oxygen atoms in total. The van der Waals surface area contributed by atoms with Crippen molar-refractivity contribution in [2.75, 3.05) is 12.4 Å². The monoisotopic (exact) mass is 277 g/mol. The molecule has 0 aliphatic rings. The molecule has 1 heterocycles. The summed E-state index contributed by atoms with van der Waals surface area (Å²) in [5.74, 6) is 1.64. The third-order valence-corrected chi connectivity index (χ3v) is 3.57. The van der Waals surface area contributed by atoms with E-state index in [-0.39, 0.29) is 0 Å². The molecule has 0 unspecified atom stereocenters. The second kappa shape index (κ2) is 5.17. The van der Waals surface area contributed by atoms with Crippen molar-refractivity contribution in [3.05, 3.63) is 53.1 Å². The van der Waals surface area contributed by atoms with Crippen LogP contribution in [0.4, 0.5) is 5.82 Å². The van der Waals surface area contributed by atoms with Crippen molar-refractivity contribution >= 4 is 16.7 Å². The second-order valence-corrected chi connectivity index (χ2v) is 5.54. The van der Waals surface area contributed by atoms with E-state index in [9.17, 15) is 0 Å². The lowest BCUT2D eigenvalue weighted by atomic mass is 10.1. The fraction of sp³-hybridized carbons (Fsp3) is 0.222. The normalized spacial score (nSPS) is 10.9. The van der Waals surface area contributed by atoms with Gasteiger partial charge in [0.25, 0.3) is 0 Å². The van der Waals surface area contributed by atoms with E-state index in [0.29, 0.717) is 0 Å². The van der Waals surface area contributed by atoms with Gasteiger partial charge in [0.15, 0.2) is 5.82 Å². The third kappa shape index (κ3) is 2.59. The quantitative estimate of drug-likeness (QED) is 0.760. The first-order valence-electron chi connectivity index (χ1n) is 7.11. The fourth-order valence-electron chi connectivity index (χ4n) is 2.67. The van der Waals surface area contributed by atoms with Crippen LogP contribution in [0.5, 0.6) is 0 Å². The van der Waals surface area contributed by atoms with Crippen LogP contribution in [0.1, 0.15) is 16.7 Å². The molecule has 1 N–H and O–H groups in total. The van der Waals surface area contributed by atoms with Crippen LogP contribution in [-0.2, 0) is 0 Å². The molecule has 106 valence electrons. The van der Waals surface area contributed by atoms with Crippen molar-refractivity contribution in [3.8, 4) is 11.4 Å². The molecular weight excluding hydrogens is 258 g/mol. The molecule has 0 aliphatic carbocycles. The van der Waals surface area contributed by atoms with E-state index >= 15 is 0 Å². The van der Waals surface area contributed by atoms with Crippen LogP contribution in [-0.4, -0.2) is 17.0 Å². The molecule has 3 heteroatoms. The summed E-state index contributed by atoms with van der Waals surface area (Å²) in [5.41, 5.74) is 5.69. The van der Waals surface area contributed by atoms with E-state index in [1.165, 1.54) is 16.7 Å². The average Bonchev–Trinajstić information content (AvgIpc) is 2.45. The Morgan fingerprint density at radius 2 is 1.52 bits per heavy atom. The van der Waals surface area contributed by atoms with Crippen LogP contribution < -0.4 is 5.32 Å². The summed E-state index contributed by atoms with van der Waals surface area (Å²) in [7, 11) is 1.90. The zero-order valence-corrected chi connectivity index (χ0v) is 12.9. The maximum atomic E-state index is 4.73. The van der Waals surface area contributed by atoms with Gasteiger partial charge in [0.1, 0.15) is 5.82 Å². The van der Waals surface area contributed by atoms with E-state index in [2.05, 4.69) is 62.5 Å². The predicted molar refractivity (Wildman–Crippen MR) is 88.7 cm³/mol. The molecule has 2 aromatic carbocycles. The number of hydrogen-bond donors (Lipinski definition) is 1. The van der Waals surface area contributed by atoms with Crippen molar-refractivity contribution in [1.29, 1.82) is 0 Å². The second-order valence-electron chi connectivity index (χ2n) is 5.54. The van der Waals surface area contributed by atoms with E-state index < -0.39 is 0 Å². The third-order valence-electron chi connectivity index (χ3n) is 3.57. The van der Waals surface area contributed by atoms with Gasteiger partial charge in [-0.2, -0.15) is 0 Å². The van der Waals surface area contributed by atoms with Crippen molar-refractivity contribution in [1.82, 2.24) is 9.97 Å². The molecule has 0 atom stereocenters. The Bertz CT molecular complexity index is 802. The molecule has 0 spiro atoms. The number of fused-ring (bicyclic) bond motifs is 1. The Balaban J connectivity index is 2.26. The summed E-state index contributed by atoms with van der Waals surface area (Å²) in [6.07, 6.45) is 0. The first kappa shape index (κ1) is 13.6. The van der Waals surface area contributed by atoms with Crippen LogP contribution in [0.25, 0.3) is 22.3 Å². The van der Waals surface area contributed by atoms with Gasteiger partial charge in [-0.15, -0.1) is 0 Å². The number of aryl methyl sites for hydroxylation is 3. The summed E-state index contributed by atoms with van der Waals surface area (Å²) in [4.78, 5) is 9.42. The highest BCUT2D eigenvalue weighted by Gasteiger charge is 2.09. The van der Waals surface area contributed by atoms with Crippen molar-refractivity contribution in [2.45, 2.75) is 20.8 Å². The molecule has 3 aromatic rings. The number of nitrogens with one attached hydrogen (secondary N) is 1. The van der Waals surface area contributed by atoms with Crippen molar-refractivity contribution in [3.63, 3.8) is 0 Å². The summed E-state index contributed by atoms with van der Waals surface area (Å²) in [5, 5.41) is 4.25. The van der Waals surface area contributed by atoms with Crippen molar-refractivity contribution in [2.24, 2.45) is 0 Å². The van der Waals surface area contributed by atoms with Gasteiger partial charge in [0.05, 0.1) is 5.52 Å². The lowest BCUT2D eigenvalue weighted by molar-refractivity contribution is 1.20. The van der Waals surface area contributed by atoms with Gasteiger partial charge in [-0.25, -0.2) is 9.97 Å². The summed E-state index contributed by atoms with van der Waals surface area (Å²) < 4.78 is 0. The molecule has 0 saturated heterocycles. The highest BCUT2D eigenvalue weighted by Crippen LogP contribution is 2.26. The number of benzene rings is 2. The van der Waals surface area contributed by atoms with Crippen LogP contribution in [0.2, 0.25) is 0 Å².